The van der Waals surface area contributed by atoms with Crippen LogP contribution in [-0.4, -0.2) is 6.04 Å². The van der Waals surface area contributed by atoms with E-state index in [-0.39, 0.29) is 0 Å². The Morgan fingerprint density at radius 1 is 1.43 bits per heavy atom. The first-order valence-corrected chi connectivity index (χ1v) is 6.61. The van der Waals surface area contributed by atoms with Gasteiger partial charge in [-0.3, -0.25) is 0 Å². The third-order valence-corrected chi connectivity index (χ3v) is 4.41. The highest BCUT2D eigenvalue weighted by atomic mass is 79.9. The average Bonchev–Trinajstić information content (AvgIpc) is 2.56. The van der Waals surface area contributed by atoms with Gasteiger partial charge in [0.25, 0.3) is 0 Å². The fraction of sp³-hybridized carbons (Fsp3) is 0.455. The second-order valence-electron chi connectivity index (χ2n) is 3.79. The molecule has 14 heavy (non-hydrogen) atoms. The predicted octanol–water partition coefficient (Wildman–Crippen LogP) is 3.80. The van der Waals surface area contributed by atoms with Crippen LogP contribution in [0.15, 0.2) is 20.8 Å². The summed E-state index contributed by atoms with van der Waals surface area (Å²) in [6, 6.07) is 2.59. The molecule has 2 rings (SSSR count). The van der Waals surface area contributed by atoms with Gasteiger partial charge in [-0.2, -0.15) is 0 Å². The molecule has 3 heteroatoms. The van der Waals surface area contributed by atoms with Crippen LogP contribution < -0.4 is 5.73 Å². The van der Waals surface area contributed by atoms with E-state index in [2.05, 4.69) is 33.5 Å². The fourth-order valence-electron chi connectivity index (χ4n) is 1.78. The maximum absolute atomic E-state index is 5.87. The van der Waals surface area contributed by atoms with Crippen LogP contribution in [0.2, 0.25) is 0 Å². The molecule has 1 nitrogen and oxygen atoms in total. The molecule has 1 aliphatic carbocycles. The number of rotatable bonds is 1. The fourth-order valence-corrected chi connectivity index (χ4v) is 2.95. The van der Waals surface area contributed by atoms with Gasteiger partial charge >= 0.3 is 0 Å². The SMILES string of the molecule is NC1CCC(=Cc2ccsc2Br)CC1. The van der Waals surface area contributed by atoms with Crippen LogP contribution in [0.1, 0.15) is 31.2 Å². The smallest absolute Gasteiger partial charge is 0.0770 e. The van der Waals surface area contributed by atoms with Gasteiger partial charge < -0.3 is 5.73 Å². The Kier molecular flexibility index (Phi) is 3.42. The zero-order valence-corrected chi connectivity index (χ0v) is 10.4. The van der Waals surface area contributed by atoms with Gasteiger partial charge in [-0.25, -0.2) is 0 Å². The minimum absolute atomic E-state index is 0.429. The second kappa shape index (κ2) is 4.60. The first-order valence-electron chi connectivity index (χ1n) is 4.94. The van der Waals surface area contributed by atoms with Crippen molar-refractivity contribution >= 4 is 33.3 Å². The van der Waals surface area contributed by atoms with Crippen molar-refractivity contribution in [2.24, 2.45) is 5.73 Å². The third kappa shape index (κ3) is 2.47. The van der Waals surface area contributed by atoms with Crippen molar-refractivity contribution in [3.8, 4) is 0 Å². The molecule has 0 amide bonds. The van der Waals surface area contributed by atoms with Crippen molar-refractivity contribution < 1.29 is 0 Å². The minimum atomic E-state index is 0.429. The van der Waals surface area contributed by atoms with Gasteiger partial charge in [0, 0.05) is 6.04 Å². The lowest BCUT2D eigenvalue weighted by Gasteiger charge is -2.19. The van der Waals surface area contributed by atoms with E-state index in [0.717, 1.165) is 12.8 Å². The molecule has 1 aliphatic rings. The van der Waals surface area contributed by atoms with Crippen molar-refractivity contribution in [3.05, 3.63) is 26.4 Å². The van der Waals surface area contributed by atoms with Gasteiger partial charge in [0.05, 0.1) is 3.79 Å². The van der Waals surface area contributed by atoms with Crippen molar-refractivity contribution in [3.63, 3.8) is 0 Å². The van der Waals surface area contributed by atoms with E-state index < -0.39 is 0 Å². The summed E-state index contributed by atoms with van der Waals surface area (Å²) < 4.78 is 1.24. The Labute approximate surface area is 97.1 Å². The van der Waals surface area contributed by atoms with E-state index in [1.165, 1.54) is 22.2 Å². The summed E-state index contributed by atoms with van der Waals surface area (Å²) in [5.74, 6) is 0. The number of allylic oxidation sites excluding steroid dienone is 1. The highest BCUT2D eigenvalue weighted by Gasteiger charge is 2.12. The van der Waals surface area contributed by atoms with Gasteiger partial charge in [0.15, 0.2) is 0 Å². The number of hydrogen-bond donors (Lipinski definition) is 1. The molecule has 1 fully saturated rings. The van der Waals surface area contributed by atoms with Crippen molar-refractivity contribution in [1.82, 2.24) is 0 Å². The lowest BCUT2D eigenvalue weighted by atomic mass is 9.90. The summed E-state index contributed by atoms with van der Waals surface area (Å²) in [6.45, 7) is 0. The quantitative estimate of drug-likeness (QED) is 0.826. The molecule has 1 saturated carbocycles. The first-order chi connectivity index (χ1) is 6.75. The second-order valence-corrected chi connectivity index (χ2v) is 6.02. The Balaban J connectivity index is 2.08. The Hall–Kier alpha value is -0.120. The van der Waals surface area contributed by atoms with Gasteiger partial charge in [0.1, 0.15) is 0 Å². The van der Waals surface area contributed by atoms with Crippen molar-refractivity contribution in [2.75, 3.05) is 0 Å². The molecule has 76 valence electrons. The summed E-state index contributed by atoms with van der Waals surface area (Å²) in [5, 5.41) is 2.12. The normalized spacial score (nSPS) is 22.4. The topological polar surface area (TPSA) is 26.0 Å². The Morgan fingerprint density at radius 3 is 2.71 bits per heavy atom. The number of hydrogen-bond acceptors (Lipinski definition) is 2. The summed E-state index contributed by atoms with van der Waals surface area (Å²) in [6.07, 6.45) is 6.94. The highest BCUT2D eigenvalue weighted by Crippen LogP contribution is 2.29. The van der Waals surface area contributed by atoms with E-state index in [1.807, 2.05) is 0 Å². The van der Waals surface area contributed by atoms with Crippen LogP contribution >= 0.6 is 27.3 Å². The van der Waals surface area contributed by atoms with E-state index in [4.69, 9.17) is 5.73 Å². The van der Waals surface area contributed by atoms with Gasteiger partial charge in [0.2, 0.25) is 0 Å². The summed E-state index contributed by atoms with van der Waals surface area (Å²) >= 11 is 5.30. The average molecular weight is 272 g/mol. The maximum Gasteiger partial charge on any atom is 0.0770 e. The van der Waals surface area contributed by atoms with Crippen LogP contribution in [-0.2, 0) is 0 Å². The molecular weight excluding hydrogens is 258 g/mol. The molecule has 2 N–H and O–H groups in total. The molecule has 0 unspecified atom stereocenters. The van der Waals surface area contributed by atoms with E-state index in [0.29, 0.717) is 6.04 Å². The maximum atomic E-state index is 5.87. The van der Waals surface area contributed by atoms with Crippen LogP contribution in [0.4, 0.5) is 0 Å². The minimum Gasteiger partial charge on any atom is -0.328 e. The van der Waals surface area contributed by atoms with Gasteiger partial charge in [-0.15, -0.1) is 11.3 Å². The lowest BCUT2D eigenvalue weighted by Crippen LogP contribution is -2.23. The lowest BCUT2D eigenvalue weighted by molar-refractivity contribution is 0.514. The molecule has 1 aromatic heterocycles. The first kappa shape index (κ1) is 10.4. The molecule has 0 aromatic carbocycles. The van der Waals surface area contributed by atoms with E-state index in [9.17, 15) is 0 Å². The van der Waals surface area contributed by atoms with E-state index >= 15 is 0 Å². The van der Waals surface area contributed by atoms with Crippen LogP contribution in [0.5, 0.6) is 0 Å². The van der Waals surface area contributed by atoms with Crippen molar-refractivity contribution in [2.45, 2.75) is 31.7 Å². The summed E-state index contributed by atoms with van der Waals surface area (Å²) in [5.41, 5.74) is 8.73. The third-order valence-electron chi connectivity index (χ3n) is 2.68. The zero-order valence-electron chi connectivity index (χ0n) is 8.00. The Morgan fingerprint density at radius 2 is 2.14 bits per heavy atom. The summed E-state index contributed by atoms with van der Waals surface area (Å²) in [4.78, 5) is 0. The molecule has 0 radical (unpaired) electrons. The standard InChI is InChI=1S/C11H14BrNS/c12-11-9(5-6-14-11)7-8-1-3-10(13)4-2-8/h5-7,10H,1-4,13H2. The van der Waals surface area contributed by atoms with Gasteiger partial charge in [-0.05, 0) is 58.6 Å². The van der Waals surface area contributed by atoms with Crippen LogP contribution in [0.25, 0.3) is 6.08 Å². The van der Waals surface area contributed by atoms with Crippen LogP contribution in [0, 0.1) is 0 Å². The Bertz CT molecular complexity index is 333. The van der Waals surface area contributed by atoms with Crippen LogP contribution in [0.3, 0.4) is 0 Å². The number of halogens is 1. The molecular formula is C11H14BrNS. The number of thiophene rings is 1. The van der Waals surface area contributed by atoms with Gasteiger partial charge in [-0.1, -0.05) is 11.6 Å². The van der Waals surface area contributed by atoms with Crippen molar-refractivity contribution in [1.29, 1.82) is 0 Å². The molecule has 0 bridgehead atoms. The molecule has 0 aliphatic heterocycles. The monoisotopic (exact) mass is 271 g/mol. The molecule has 0 saturated heterocycles. The molecule has 1 aromatic rings. The highest BCUT2D eigenvalue weighted by molar-refractivity contribution is 9.11. The predicted molar refractivity (Wildman–Crippen MR) is 66.4 cm³/mol. The molecule has 1 heterocycles. The molecule has 0 atom stereocenters. The number of nitrogens with two attached hydrogens (primary N) is 1. The molecule has 0 spiro atoms. The largest absolute Gasteiger partial charge is 0.328 e. The summed E-state index contributed by atoms with van der Waals surface area (Å²) in [7, 11) is 0. The zero-order chi connectivity index (χ0) is 9.97. The van der Waals surface area contributed by atoms with E-state index in [1.54, 1.807) is 16.9 Å².